The van der Waals surface area contributed by atoms with E-state index in [9.17, 15) is 4.79 Å². The van der Waals surface area contributed by atoms with Crippen LogP contribution < -0.4 is 19.9 Å². The molecular weight excluding hydrogens is 270 g/mol. The van der Waals surface area contributed by atoms with E-state index in [0.717, 1.165) is 17.4 Å². The van der Waals surface area contributed by atoms with Gasteiger partial charge in [0.2, 0.25) is 0 Å². The summed E-state index contributed by atoms with van der Waals surface area (Å²) < 4.78 is 15.8. The first-order valence-electron chi connectivity index (χ1n) is 6.29. The molecule has 2 aromatic carbocycles. The third kappa shape index (κ3) is 2.76. The molecule has 0 fully saturated rings. The second-order valence-electron chi connectivity index (χ2n) is 4.38. The Kier molecular flexibility index (Phi) is 4.33. The quantitative estimate of drug-likeness (QED) is 0.676. The van der Waals surface area contributed by atoms with Crippen LogP contribution in [0.5, 0.6) is 17.2 Å². The zero-order valence-electron chi connectivity index (χ0n) is 12.2. The van der Waals surface area contributed by atoms with Crippen LogP contribution in [0.4, 0.5) is 5.69 Å². The molecule has 0 unspecified atom stereocenters. The third-order valence-corrected chi connectivity index (χ3v) is 3.17. The Morgan fingerprint density at radius 3 is 2.24 bits per heavy atom. The van der Waals surface area contributed by atoms with E-state index < -0.39 is 0 Å². The zero-order chi connectivity index (χ0) is 15.4. The molecular formula is C16H17NO4. The predicted octanol–water partition coefficient (Wildman–Crippen LogP) is 2.77. The molecule has 0 radical (unpaired) electrons. The van der Waals surface area contributed by atoms with Crippen molar-refractivity contribution < 1.29 is 19.0 Å². The van der Waals surface area contributed by atoms with Crippen molar-refractivity contribution in [3.63, 3.8) is 0 Å². The number of rotatable bonds is 5. The number of ether oxygens (including phenoxy) is 3. The molecule has 0 aliphatic rings. The van der Waals surface area contributed by atoms with Gasteiger partial charge in [-0.15, -0.1) is 0 Å². The van der Waals surface area contributed by atoms with Crippen molar-refractivity contribution in [2.45, 2.75) is 0 Å². The molecule has 5 nitrogen and oxygen atoms in total. The highest BCUT2D eigenvalue weighted by atomic mass is 16.5. The molecule has 0 saturated carbocycles. The first-order chi connectivity index (χ1) is 10.1. The molecule has 0 amide bonds. The molecule has 2 rings (SSSR count). The van der Waals surface area contributed by atoms with Gasteiger partial charge in [-0.25, -0.2) is 0 Å². The first-order valence-corrected chi connectivity index (χ1v) is 6.29. The molecule has 5 heteroatoms. The minimum Gasteiger partial charge on any atom is -0.496 e. The Bertz CT molecular complexity index is 668. The monoisotopic (exact) mass is 287 g/mol. The molecule has 0 spiro atoms. The highest BCUT2D eigenvalue weighted by Crippen LogP contribution is 2.39. The van der Waals surface area contributed by atoms with Crippen molar-refractivity contribution in [1.29, 1.82) is 0 Å². The van der Waals surface area contributed by atoms with Crippen LogP contribution in [-0.2, 0) is 0 Å². The zero-order valence-corrected chi connectivity index (χ0v) is 12.2. The van der Waals surface area contributed by atoms with Gasteiger partial charge in [0.25, 0.3) is 0 Å². The van der Waals surface area contributed by atoms with Gasteiger partial charge in [0.05, 0.1) is 26.9 Å². The fourth-order valence-corrected chi connectivity index (χ4v) is 2.18. The summed E-state index contributed by atoms with van der Waals surface area (Å²) in [5.41, 5.74) is 8.37. The lowest BCUT2D eigenvalue weighted by atomic mass is 10.0. The topological polar surface area (TPSA) is 70.8 Å². The molecule has 0 aromatic heterocycles. The van der Waals surface area contributed by atoms with E-state index >= 15 is 0 Å². The van der Waals surface area contributed by atoms with E-state index in [1.165, 1.54) is 14.2 Å². The van der Waals surface area contributed by atoms with Gasteiger partial charge >= 0.3 is 0 Å². The van der Waals surface area contributed by atoms with Crippen LogP contribution in [0.15, 0.2) is 30.3 Å². The van der Waals surface area contributed by atoms with E-state index in [0.29, 0.717) is 28.5 Å². The average Bonchev–Trinajstić information content (AvgIpc) is 2.53. The minimum atomic E-state index is 0.408. The summed E-state index contributed by atoms with van der Waals surface area (Å²) in [7, 11) is 4.59. The normalized spacial score (nSPS) is 10.0. The van der Waals surface area contributed by atoms with Crippen LogP contribution >= 0.6 is 0 Å². The summed E-state index contributed by atoms with van der Waals surface area (Å²) in [6, 6.07) is 8.86. The summed E-state index contributed by atoms with van der Waals surface area (Å²) in [5.74, 6) is 1.51. The number of hydrogen-bond donors (Lipinski definition) is 1. The number of benzene rings is 2. The minimum absolute atomic E-state index is 0.408. The van der Waals surface area contributed by atoms with Gasteiger partial charge in [-0.1, -0.05) is 0 Å². The van der Waals surface area contributed by atoms with Gasteiger partial charge < -0.3 is 19.9 Å². The maximum absolute atomic E-state index is 11.3. The maximum Gasteiger partial charge on any atom is 0.171 e. The number of carbonyl (C=O) groups is 1. The molecule has 0 saturated heterocycles. The lowest BCUT2D eigenvalue weighted by molar-refractivity contribution is 0.112. The van der Waals surface area contributed by atoms with E-state index in [4.69, 9.17) is 19.9 Å². The Morgan fingerprint density at radius 1 is 0.952 bits per heavy atom. The Morgan fingerprint density at radius 2 is 1.67 bits per heavy atom. The summed E-state index contributed by atoms with van der Waals surface area (Å²) in [6.45, 7) is 0. The number of carbonyl (C=O) groups excluding carboxylic acids is 1. The van der Waals surface area contributed by atoms with Crippen LogP contribution in [0.2, 0.25) is 0 Å². The van der Waals surface area contributed by atoms with Gasteiger partial charge in [-0.05, 0) is 29.8 Å². The van der Waals surface area contributed by atoms with Crippen molar-refractivity contribution in [2.24, 2.45) is 0 Å². The van der Waals surface area contributed by atoms with E-state index in [2.05, 4.69) is 0 Å². The molecule has 2 N–H and O–H groups in total. The molecule has 2 aromatic rings. The van der Waals surface area contributed by atoms with Gasteiger partial charge in [0, 0.05) is 17.3 Å². The summed E-state index contributed by atoms with van der Waals surface area (Å²) in [6.07, 6.45) is 0.731. The molecule has 0 atom stereocenters. The number of aldehydes is 1. The Labute approximate surface area is 123 Å². The Balaban J connectivity index is 2.67. The van der Waals surface area contributed by atoms with Gasteiger partial charge in [0.15, 0.2) is 17.8 Å². The number of hydrogen-bond acceptors (Lipinski definition) is 5. The van der Waals surface area contributed by atoms with Crippen molar-refractivity contribution in [1.82, 2.24) is 0 Å². The third-order valence-electron chi connectivity index (χ3n) is 3.17. The number of nitrogens with two attached hydrogens (primary N) is 1. The molecule has 21 heavy (non-hydrogen) atoms. The molecule has 0 aliphatic heterocycles. The van der Waals surface area contributed by atoms with E-state index in [1.807, 2.05) is 6.07 Å². The van der Waals surface area contributed by atoms with Crippen LogP contribution in [0.25, 0.3) is 11.1 Å². The fourth-order valence-electron chi connectivity index (χ4n) is 2.18. The summed E-state index contributed by atoms with van der Waals surface area (Å²) >= 11 is 0. The number of nitrogen functional groups attached to an aromatic ring is 1. The van der Waals surface area contributed by atoms with Crippen molar-refractivity contribution in [3.05, 3.63) is 35.9 Å². The van der Waals surface area contributed by atoms with Gasteiger partial charge in [-0.3, -0.25) is 4.79 Å². The van der Waals surface area contributed by atoms with Crippen molar-refractivity contribution in [2.75, 3.05) is 27.1 Å². The smallest absolute Gasteiger partial charge is 0.171 e. The van der Waals surface area contributed by atoms with E-state index in [-0.39, 0.29) is 0 Å². The fraction of sp³-hybridized carbons (Fsp3) is 0.188. The SMILES string of the molecule is COc1cc(N)ccc1-c1cc(C=O)c(OC)c(OC)c1. The summed E-state index contributed by atoms with van der Waals surface area (Å²) in [5, 5.41) is 0. The maximum atomic E-state index is 11.3. The molecule has 0 bridgehead atoms. The highest BCUT2D eigenvalue weighted by molar-refractivity contribution is 5.86. The van der Waals surface area contributed by atoms with Crippen LogP contribution in [0.3, 0.4) is 0 Å². The highest BCUT2D eigenvalue weighted by Gasteiger charge is 2.15. The Hall–Kier alpha value is -2.69. The molecule has 0 heterocycles. The van der Waals surface area contributed by atoms with Crippen LogP contribution in [-0.4, -0.2) is 27.6 Å². The molecule has 0 aliphatic carbocycles. The van der Waals surface area contributed by atoms with Crippen molar-refractivity contribution in [3.8, 4) is 28.4 Å². The van der Waals surface area contributed by atoms with Crippen molar-refractivity contribution >= 4 is 12.0 Å². The van der Waals surface area contributed by atoms with Crippen LogP contribution in [0.1, 0.15) is 10.4 Å². The number of methoxy groups -OCH3 is 3. The van der Waals surface area contributed by atoms with Gasteiger partial charge in [-0.2, -0.15) is 0 Å². The predicted molar refractivity (Wildman–Crippen MR) is 81.3 cm³/mol. The van der Waals surface area contributed by atoms with Gasteiger partial charge in [0.1, 0.15) is 5.75 Å². The first kappa shape index (κ1) is 14.7. The summed E-state index contributed by atoms with van der Waals surface area (Å²) in [4.78, 5) is 11.3. The van der Waals surface area contributed by atoms with Crippen LogP contribution in [0, 0.1) is 0 Å². The lowest BCUT2D eigenvalue weighted by Crippen LogP contribution is -1.97. The second kappa shape index (κ2) is 6.17. The van der Waals surface area contributed by atoms with E-state index in [1.54, 1.807) is 31.4 Å². The average molecular weight is 287 g/mol. The lowest BCUT2D eigenvalue weighted by Gasteiger charge is -2.14. The largest absolute Gasteiger partial charge is 0.496 e. The molecule has 110 valence electrons. The number of anilines is 1. The second-order valence-corrected chi connectivity index (χ2v) is 4.38. The standard InChI is InChI=1S/C16H17NO4/c1-19-14-8-12(17)4-5-13(14)10-6-11(9-18)16(21-3)15(7-10)20-2/h4-9H,17H2,1-3H3.